The zero-order valence-electron chi connectivity index (χ0n) is 20.0. The van der Waals surface area contributed by atoms with Crippen LogP contribution in [0.2, 0.25) is 0 Å². The van der Waals surface area contributed by atoms with E-state index in [0.29, 0.717) is 17.8 Å². The summed E-state index contributed by atoms with van der Waals surface area (Å²) in [5.74, 6) is 0.844. The van der Waals surface area contributed by atoms with Crippen LogP contribution in [0, 0.1) is 0 Å². The number of benzene rings is 2. The van der Waals surface area contributed by atoms with Gasteiger partial charge in [-0.15, -0.1) is 11.8 Å². The van der Waals surface area contributed by atoms with Crippen LogP contribution in [0.4, 0.5) is 11.4 Å². The molecule has 0 unspecified atom stereocenters. The van der Waals surface area contributed by atoms with Crippen molar-refractivity contribution in [1.82, 2.24) is 4.98 Å². The second-order valence-corrected chi connectivity index (χ2v) is 9.03. The van der Waals surface area contributed by atoms with Crippen molar-refractivity contribution in [2.45, 2.75) is 51.3 Å². The van der Waals surface area contributed by atoms with Gasteiger partial charge in [0, 0.05) is 28.7 Å². The third kappa shape index (κ3) is 7.75. The Kier molecular flexibility index (Phi) is 10.1. The van der Waals surface area contributed by atoms with Gasteiger partial charge in [0.25, 0.3) is 0 Å². The van der Waals surface area contributed by atoms with E-state index in [1.54, 1.807) is 36.3 Å². The minimum atomic E-state index is -0.732. The van der Waals surface area contributed by atoms with Crippen LogP contribution in [0.5, 0.6) is 0 Å². The quantitative estimate of drug-likeness (QED) is 0.384. The number of pyridine rings is 1. The van der Waals surface area contributed by atoms with E-state index in [1.165, 1.54) is 4.90 Å². The van der Waals surface area contributed by atoms with Crippen LogP contribution in [-0.4, -0.2) is 22.6 Å². The van der Waals surface area contributed by atoms with Gasteiger partial charge in [0.2, 0.25) is 11.8 Å². The van der Waals surface area contributed by atoms with Gasteiger partial charge in [-0.25, -0.2) is 0 Å². The Bertz CT molecular complexity index is 1020. The molecular formula is C27H33N3O2S. The molecular weight excluding hydrogens is 430 g/mol. The van der Waals surface area contributed by atoms with Crippen molar-refractivity contribution in [2.24, 2.45) is 0 Å². The summed E-state index contributed by atoms with van der Waals surface area (Å²) in [5, 5.41) is 5.84. The van der Waals surface area contributed by atoms with Gasteiger partial charge in [0.05, 0.1) is 11.8 Å². The number of rotatable bonds is 8. The summed E-state index contributed by atoms with van der Waals surface area (Å²) in [7, 11) is 0. The predicted molar refractivity (Wildman–Crippen MR) is 139 cm³/mol. The number of carbonyl (C=O) groups is 2. The highest BCUT2D eigenvalue weighted by molar-refractivity contribution is 7.99. The lowest BCUT2D eigenvalue weighted by molar-refractivity contribution is -0.120. The maximum Gasteiger partial charge on any atom is 0.234 e. The molecule has 6 heteroatoms. The Hall–Kier alpha value is -3.12. The van der Waals surface area contributed by atoms with E-state index >= 15 is 0 Å². The van der Waals surface area contributed by atoms with Crippen molar-refractivity contribution in [1.29, 1.82) is 0 Å². The molecule has 0 fully saturated rings. The summed E-state index contributed by atoms with van der Waals surface area (Å²) in [5.41, 5.74) is 2.52. The molecule has 0 aliphatic carbocycles. The zero-order chi connectivity index (χ0) is 24.3. The Morgan fingerprint density at radius 1 is 0.848 bits per heavy atom. The fourth-order valence-electron chi connectivity index (χ4n) is 3.08. The average molecular weight is 464 g/mol. The monoisotopic (exact) mass is 463 g/mol. The lowest BCUT2D eigenvalue weighted by Gasteiger charge is -2.24. The summed E-state index contributed by atoms with van der Waals surface area (Å²) in [6.07, 6.45) is 3.59. The van der Waals surface area contributed by atoms with Crippen LogP contribution < -0.4 is 10.6 Å². The summed E-state index contributed by atoms with van der Waals surface area (Å²) in [6, 6.07) is 19.0. The third-order valence-electron chi connectivity index (χ3n) is 5.00. The molecule has 1 heterocycles. The van der Waals surface area contributed by atoms with E-state index in [9.17, 15) is 9.59 Å². The van der Waals surface area contributed by atoms with E-state index in [0.717, 1.165) is 16.9 Å². The van der Waals surface area contributed by atoms with Crippen molar-refractivity contribution in [2.75, 3.05) is 16.4 Å². The Labute approximate surface area is 201 Å². The van der Waals surface area contributed by atoms with E-state index in [-0.39, 0.29) is 11.8 Å². The molecule has 2 amide bonds. The van der Waals surface area contributed by atoms with Gasteiger partial charge in [-0.3, -0.25) is 14.6 Å². The van der Waals surface area contributed by atoms with E-state index < -0.39 is 5.41 Å². The van der Waals surface area contributed by atoms with Gasteiger partial charge in [-0.05, 0) is 67.1 Å². The summed E-state index contributed by atoms with van der Waals surface area (Å²) >= 11 is 1.78. The SMILES string of the molecule is CC.CCSc1ccc(CC(=O)Nc2ccc(C(C)(C)C(=O)Nc3ccncc3)cc2)cc1. The summed E-state index contributed by atoms with van der Waals surface area (Å²) < 4.78 is 0. The van der Waals surface area contributed by atoms with Crippen molar-refractivity contribution in [3.05, 3.63) is 84.2 Å². The first kappa shape index (κ1) is 26.1. The van der Waals surface area contributed by atoms with Crippen LogP contribution in [0.25, 0.3) is 0 Å². The number of nitrogens with zero attached hydrogens (tertiary/aromatic N) is 1. The van der Waals surface area contributed by atoms with Crippen LogP contribution in [-0.2, 0) is 21.4 Å². The van der Waals surface area contributed by atoms with Gasteiger partial charge >= 0.3 is 0 Å². The van der Waals surface area contributed by atoms with Crippen molar-refractivity contribution < 1.29 is 9.59 Å². The summed E-state index contributed by atoms with van der Waals surface area (Å²) in [6.45, 7) is 9.86. The summed E-state index contributed by atoms with van der Waals surface area (Å²) in [4.78, 5) is 30.3. The molecule has 1 aromatic heterocycles. The van der Waals surface area contributed by atoms with Gasteiger partial charge in [0.1, 0.15) is 0 Å². The molecule has 0 saturated heterocycles. The largest absolute Gasteiger partial charge is 0.326 e. The molecule has 5 nitrogen and oxygen atoms in total. The first-order valence-electron chi connectivity index (χ1n) is 11.2. The molecule has 0 spiro atoms. The minimum absolute atomic E-state index is 0.0710. The highest BCUT2D eigenvalue weighted by atomic mass is 32.2. The van der Waals surface area contributed by atoms with Crippen molar-refractivity contribution in [3.63, 3.8) is 0 Å². The fraction of sp³-hybridized carbons (Fsp3) is 0.296. The molecule has 2 N–H and O–H groups in total. The molecule has 2 aromatic carbocycles. The van der Waals surface area contributed by atoms with Crippen LogP contribution in [0.1, 0.15) is 45.7 Å². The second kappa shape index (κ2) is 12.8. The predicted octanol–water partition coefficient (Wildman–Crippen LogP) is 6.32. The van der Waals surface area contributed by atoms with Crippen LogP contribution >= 0.6 is 11.8 Å². The number of anilines is 2. The zero-order valence-corrected chi connectivity index (χ0v) is 20.8. The first-order valence-corrected chi connectivity index (χ1v) is 12.2. The molecule has 0 aliphatic heterocycles. The number of hydrogen-bond acceptors (Lipinski definition) is 4. The van der Waals surface area contributed by atoms with Crippen LogP contribution in [0.15, 0.2) is 78.0 Å². The first-order chi connectivity index (χ1) is 15.9. The minimum Gasteiger partial charge on any atom is -0.326 e. The molecule has 0 aliphatic rings. The van der Waals surface area contributed by atoms with Gasteiger partial charge in [-0.2, -0.15) is 0 Å². The molecule has 3 aromatic rings. The number of amides is 2. The maximum atomic E-state index is 12.8. The average Bonchev–Trinajstić information content (AvgIpc) is 2.83. The smallest absolute Gasteiger partial charge is 0.234 e. The molecule has 0 saturated carbocycles. The number of hydrogen-bond donors (Lipinski definition) is 2. The lowest BCUT2D eigenvalue weighted by atomic mass is 9.83. The van der Waals surface area contributed by atoms with Crippen LogP contribution in [0.3, 0.4) is 0 Å². The number of nitrogens with one attached hydrogen (secondary N) is 2. The molecule has 3 rings (SSSR count). The standard InChI is InChI=1S/C25H27N3O2S.C2H6/c1-4-31-22-11-5-18(6-12-22)17-23(29)27-20-9-7-19(8-10-20)25(2,3)24(30)28-21-13-15-26-16-14-21;1-2/h5-16H,4,17H2,1-3H3,(H,27,29)(H,26,28,30);1-2H3. The highest BCUT2D eigenvalue weighted by Crippen LogP contribution is 2.26. The van der Waals surface area contributed by atoms with Gasteiger partial charge in [-0.1, -0.05) is 45.0 Å². The van der Waals surface area contributed by atoms with E-state index in [4.69, 9.17) is 0 Å². The third-order valence-corrected chi connectivity index (χ3v) is 5.89. The molecule has 33 heavy (non-hydrogen) atoms. The highest BCUT2D eigenvalue weighted by Gasteiger charge is 2.29. The van der Waals surface area contributed by atoms with Crippen molar-refractivity contribution >= 4 is 35.0 Å². The second-order valence-electron chi connectivity index (χ2n) is 7.69. The fourth-order valence-corrected chi connectivity index (χ4v) is 3.75. The number of thioether (sulfide) groups is 1. The topological polar surface area (TPSA) is 71.1 Å². The Balaban J connectivity index is 0.00000187. The maximum absolute atomic E-state index is 12.8. The van der Waals surface area contributed by atoms with E-state index in [1.807, 2.05) is 76.2 Å². The number of aromatic nitrogens is 1. The molecule has 174 valence electrons. The number of carbonyl (C=O) groups excluding carboxylic acids is 2. The van der Waals surface area contributed by atoms with Gasteiger partial charge in [0.15, 0.2) is 0 Å². The van der Waals surface area contributed by atoms with Gasteiger partial charge < -0.3 is 10.6 Å². The molecule has 0 radical (unpaired) electrons. The Morgan fingerprint density at radius 3 is 2.00 bits per heavy atom. The Morgan fingerprint density at radius 2 is 1.42 bits per heavy atom. The molecule has 0 bridgehead atoms. The van der Waals surface area contributed by atoms with Crippen molar-refractivity contribution in [3.8, 4) is 0 Å². The molecule has 0 atom stereocenters. The lowest BCUT2D eigenvalue weighted by Crippen LogP contribution is -2.34. The van der Waals surface area contributed by atoms with E-state index in [2.05, 4.69) is 22.5 Å². The normalized spacial score (nSPS) is 10.6.